The number of halogens is 3. The van der Waals surface area contributed by atoms with E-state index in [-0.39, 0.29) is 23.7 Å². The Kier molecular flexibility index (Phi) is 3.61. The van der Waals surface area contributed by atoms with Crippen LogP contribution in [0.3, 0.4) is 0 Å². The van der Waals surface area contributed by atoms with Gasteiger partial charge in [-0.3, -0.25) is 0 Å². The molecule has 0 amide bonds. The maximum absolute atomic E-state index is 12.9. The molecule has 0 spiro atoms. The summed E-state index contributed by atoms with van der Waals surface area (Å²) in [6.45, 7) is 1.94. The average Bonchev–Trinajstić information content (AvgIpc) is 2.37. The predicted octanol–water partition coefficient (Wildman–Crippen LogP) is 2.88. The lowest BCUT2D eigenvalue weighted by Crippen LogP contribution is -2.40. The van der Waals surface area contributed by atoms with Crippen LogP contribution in [0.15, 0.2) is 23.8 Å². The van der Waals surface area contributed by atoms with Gasteiger partial charge in [-0.1, -0.05) is 12.1 Å². The van der Waals surface area contributed by atoms with Crippen molar-refractivity contribution < 1.29 is 32.5 Å². The quantitative estimate of drug-likeness (QED) is 0.929. The number of fused-ring (bicyclic) bond motifs is 1. The molecule has 108 valence electrons. The first-order valence-electron chi connectivity index (χ1n) is 5.78. The van der Waals surface area contributed by atoms with Crippen molar-refractivity contribution in [3.63, 3.8) is 0 Å². The van der Waals surface area contributed by atoms with Gasteiger partial charge in [0, 0.05) is 5.56 Å². The number of rotatable bonds is 3. The van der Waals surface area contributed by atoms with E-state index in [1.807, 2.05) is 0 Å². The van der Waals surface area contributed by atoms with Gasteiger partial charge in [-0.2, -0.15) is 13.2 Å². The molecule has 1 aromatic rings. The van der Waals surface area contributed by atoms with Crippen LogP contribution in [0, 0.1) is 0 Å². The molecule has 4 nitrogen and oxygen atoms in total. The molecule has 0 bridgehead atoms. The maximum atomic E-state index is 12.9. The van der Waals surface area contributed by atoms with Gasteiger partial charge in [-0.15, -0.1) is 0 Å². The number of carbonyl (C=O) groups is 1. The fourth-order valence-corrected chi connectivity index (χ4v) is 1.88. The lowest BCUT2D eigenvalue weighted by molar-refractivity contribution is -0.187. The van der Waals surface area contributed by atoms with Crippen LogP contribution < -0.4 is 9.47 Å². The van der Waals surface area contributed by atoms with Crippen molar-refractivity contribution in [3.05, 3.63) is 29.3 Å². The second kappa shape index (κ2) is 5.07. The minimum atomic E-state index is -4.82. The maximum Gasteiger partial charge on any atom is 0.430 e. The smallest absolute Gasteiger partial charge is 0.430 e. The van der Waals surface area contributed by atoms with Gasteiger partial charge >= 0.3 is 12.1 Å². The fraction of sp³-hybridized carbons (Fsp3) is 0.308. The summed E-state index contributed by atoms with van der Waals surface area (Å²) in [5.41, 5.74) is -0.604. The van der Waals surface area contributed by atoms with Gasteiger partial charge in [0.25, 0.3) is 0 Å². The summed E-state index contributed by atoms with van der Waals surface area (Å²) in [5, 5.41) is 8.89. The molecule has 7 heteroatoms. The number of aliphatic carboxylic acids is 1. The first kappa shape index (κ1) is 14.2. The van der Waals surface area contributed by atoms with Crippen molar-refractivity contribution in [2.45, 2.75) is 19.2 Å². The molecule has 20 heavy (non-hydrogen) atoms. The number of alkyl halides is 3. The first-order chi connectivity index (χ1) is 9.34. The van der Waals surface area contributed by atoms with Crippen molar-refractivity contribution in [1.29, 1.82) is 0 Å². The van der Waals surface area contributed by atoms with Crippen LogP contribution in [0.1, 0.15) is 12.5 Å². The van der Waals surface area contributed by atoms with Gasteiger partial charge in [0.05, 0.1) is 12.2 Å². The molecule has 1 atom stereocenters. The van der Waals surface area contributed by atoms with Gasteiger partial charge < -0.3 is 14.6 Å². The second-order valence-electron chi connectivity index (χ2n) is 4.05. The first-order valence-corrected chi connectivity index (χ1v) is 5.78. The highest BCUT2D eigenvalue weighted by Gasteiger charge is 2.48. The minimum absolute atomic E-state index is 0.0957. The lowest BCUT2D eigenvalue weighted by atomic mass is 10.0. The highest BCUT2D eigenvalue weighted by Crippen LogP contribution is 2.42. The number of carboxylic acids is 1. The zero-order valence-corrected chi connectivity index (χ0v) is 10.4. The van der Waals surface area contributed by atoms with Gasteiger partial charge in [-0.05, 0) is 19.1 Å². The highest BCUT2D eigenvalue weighted by atomic mass is 19.4. The van der Waals surface area contributed by atoms with Crippen molar-refractivity contribution >= 4 is 12.0 Å². The molecule has 0 aliphatic carbocycles. The standard InChI is InChI=1S/C13H11F3O4/c1-2-19-9-5-3-4-7-6-8(12(17)18)11(13(14,15)16)20-10(7)9/h3-6,11H,2H2,1H3,(H,17,18). The molecular weight excluding hydrogens is 277 g/mol. The number of benzene rings is 1. The van der Waals surface area contributed by atoms with E-state index in [1.54, 1.807) is 13.0 Å². The third-order valence-electron chi connectivity index (χ3n) is 2.68. The summed E-state index contributed by atoms with van der Waals surface area (Å²) in [6.07, 6.45) is -6.36. The molecule has 1 aliphatic rings. The van der Waals surface area contributed by atoms with Gasteiger partial charge in [0.2, 0.25) is 6.10 Å². The van der Waals surface area contributed by atoms with Crippen molar-refractivity contribution in [3.8, 4) is 11.5 Å². The molecule has 1 heterocycles. The third-order valence-corrected chi connectivity index (χ3v) is 2.68. The summed E-state index contributed by atoms with van der Waals surface area (Å²) in [6, 6.07) is 4.49. The normalized spacial score (nSPS) is 17.8. The molecule has 0 saturated carbocycles. The van der Waals surface area contributed by atoms with Crippen molar-refractivity contribution in [2.24, 2.45) is 0 Å². The third kappa shape index (κ3) is 2.56. The Balaban J connectivity index is 2.54. The van der Waals surface area contributed by atoms with Crippen molar-refractivity contribution in [1.82, 2.24) is 0 Å². The molecule has 1 aliphatic heterocycles. The Morgan fingerprint density at radius 1 is 1.45 bits per heavy atom. The molecule has 0 radical (unpaired) electrons. The van der Waals surface area contributed by atoms with Crippen molar-refractivity contribution in [2.75, 3.05) is 6.61 Å². The van der Waals surface area contributed by atoms with E-state index in [2.05, 4.69) is 0 Å². The molecular formula is C13H11F3O4. The van der Waals surface area contributed by atoms with Crippen LogP contribution in [0.25, 0.3) is 6.08 Å². The number of ether oxygens (including phenoxy) is 2. The second-order valence-corrected chi connectivity index (χ2v) is 4.05. The molecule has 0 fully saturated rings. The number of hydrogen-bond donors (Lipinski definition) is 1. The molecule has 2 rings (SSSR count). The number of para-hydroxylation sites is 1. The monoisotopic (exact) mass is 288 g/mol. The molecule has 0 saturated heterocycles. The van der Waals surface area contributed by atoms with Crippen LogP contribution in [-0.4, -0.2) is 30.0 Å². The Morgan fingerprint density at radius 2 is 2.15 bits per heavy atom. The van der Waals surface area contributed by atoms with Crippen LogP contribution in [0.4, 0.5) is 13.2 Å². The Hall–Kier alpha value is -2.18. The van der Waals surface area contributed by atoms with Gasteiger partial charge in [0.15, 0.2) is 11.5 Å². The summed E-state index contributed by atoms with van der Waals surface area (Å²) >= 11 is 0. The molecule has 1 N–H and O–H groups in total. The van der Waals surface area contributed by atoms with Gasteiger partial charge in [-0.25, -0.2) is 4.79 Å². The fourth-order valence-electron chi connectivity index (χ4n) is 1.88. The van der Waals surface area contributed by atoms with Crippen LogP contribution >= 0.6 is 0 Å². The van der Waals surface area contributed by atoms with Crippen LogP contribution in [0.5, 0.6) is 11.5 Å². The topological polar surface area (TPSA) is 55.8 Å². The minimum Gasteiger partial charge on any atom is -0.490 e. The summed E-state index contributed by atoms with van der Waals surface area (Å²) in [5.74, 6) is -1.61. The van der Waals surface area contributed by atoms with Crippen LogP contribution in [0.2, 0.25) is 0 Å². The molecule has 1 unspecified atom stereocenters. The number of carboxylic acid groups (broad SMARTS) is 1. The largest absolute Gasteiger partial charge is 0.490 e. The number of hydrogen-bond acceptors (Lipinski definition) is 3. The Morgan fingerprint density at radius 3 is 2.70 bits per heavy atom. The highest BCUT2D eigenvalue weighted by molar-refractivity contribution is 5.95. The SMILES string of the molecule is CCOc1cccc2c1OC(C(F)(F)F)C(C(=O)O)=C2. The van der Waals surface area contributed by atoms with Crippen LogP contribution in [-0.2, 0) is 4.79 Å². The predicted molar refractivity (Wildman–Crippen MR) is 63.7 cm³/mol. The Labute approximate surface area is 112 Å². The van der Waals surface area contributed by atoms with Gasteiger partial charge in [0.1, 0.15) is 0 Å². The van der Waals surface area contributed by atoms with E-state index in [9.17, 15) is 18.0 Å². The molecule has 1 aromatic carbocycles. The lowest BCUT2D eigenvalue weighted by Gasteiger charge is -2.28. The van der Waals surface area contributed by atoms with E-state index in [0.29, 0.717) is 0 Å². The van der Waals surface area contributed by atoms with E-state index in [0.717, 1.165) is 6.08 Å². The van der Waals surface area contributed by atoms with E-state index >= 15 is 0 Å². The summed E-state index contributed by atoms with van der Waals surface area (Å²) in [7, 11) is 0. The summed E-state index contributed by atoms with van der Waals surface area (Å²) in [4.78, 5) is 11.0. The zero-order chi connectivity index (χ0) is 14.9. The van der Waals surface area contributed by atoms with E-state index in [1.165, 1.54) is 12.1 Å². The van der Waals surface area contributed by atoms with E-state index < -0.39 is 23.8 Å². The molecule has 0 aromatic heterocycles. The Bertz CT molecular complexity index is 563. The zero-order valence-electron chi connectivity index (χ0n) is 10.4. The van der Waals surface area contributed by atoms with E-state index in [4.69, 9.17) is 14.6 Å². The summed E-state index contributed by atoms with van der Waals surface area (Å²) < 4.78 is 48.7. The average molecular weight is 288 g/mol.